The number of esters is 1. The topological polar surface area (TPSA) is 105 Å². The van der Waals surface area contributed by atoms with Crippen molar-refractivity contribution in [3.05, 3.63) is 28.8 Å². The molecule has 180 valence electrons. The Balaban J connectivity index is 1.81. The number of aliphatic hydroxyl groups excluding tert-OH is 1. The third-order valence-electron chi connectivity index (χ3n) is 7.75. The molecule has 1 spiro atoms. The summed E-state index contributed by atoms with van der Waals surface area (Å²) in [4.78, 5) is 42.0. The summed E-state index contributed by atoms with van der Waals surface area (Å²) in [5, 5.41) is 13.2. The van der Waals surface area contributed by atoms with E-state index in [9.17, 15) is 19.5 Å². The number of ether oxygens (including phenoxy) is 2. The number of nitrogens with one attached hydrogen (secondary N) is 1. The highest BCUT2D eigenvalue weighted by Gasteiger charge is 2.80. The number of halogens is 1. The minimum absolute atomic E-state index is 0.0855. The lowest BCUT2D eigenvalue weighted by Crippen LogP contribution is -2.56. The van der Waals surface area contributed by atoms with E-state index in [1.165, 1.54) is 4.90 Å². The van der Waals surface area contributed by atoms with E-state index in [2.05, 4.69) is 5.32 Å². The SMILES string of the molecule is CCOC(=O)[C@H]1[C@H]2C(=O)N([C@H](C)CO)C(C(=O)Nc3c(C)cccc3Cl)C23CC(C)[C@]1(C)O3. The molecule has 2 N–H and O–H groups in total. The van der Waals surface area contributed by atoms with E-state index < -0.39 is 47.0 Å². The van der Waals surface area contributed by atoms with Gasteiger partial charge in [0, 0.05) is 0 Å². The minimum atomic E-state index is -1.20. The second-order valence-electron chi connectivity index (χ2n) is 9.65. The molecule has 0 radical (unpaired) electrons. The third-order valence-corrected chi connectivity index (χ3v) is 8.07. The van der Waals surface area contributed by atoms with E-state index in [-0.39, 0.29) is 25.0 Å². The van der Waals surface area contributed by atoms with Crippen LogP contribution in [0.1, 0.15) is 39.7 Å². The van der Waals surface area contributed by atoms with Crippen LogP contribution in [0.2, 0.25) is 5.02 Å². The predicted molar refractivity (Wildman–Crippen MR) is 122 cm³/mol. The van der Waals surface area contributed by atoms with Crippen molar-refractivity contribution >= 4 is 35.1 Å². The van der Waals surface area contributed by atoms with Gasteiger partial charge >= 0.3 is 5.97 Å². The van der Waals surface area contributed by atoms with Crippen LogP contribution in [0.3, 0.4) is 0 Å². The fourth-order valence-corrected chi connectivity index (χ4v) is 6.38. The van der Waals surface area contributed by atoms with Gasteiger partial charge in [0.2, 0.25) is 11.8 Å². The molecule has 3 aliphatic rings. The van der Waals surface area contributed by atoms with Crippen molar-refractivity contribution in [3.63, 3.8) is 0 Å². The molecule has 0 aromatic heterocycles. The molecular formula is C24H31ClN2O6. The molecule has 3 heterocycles. The van der Waals surface area contributed by atoms with Crippen LogP contribution in [0, 0.1) is 24.7 Å². The summed E-state index contributed by atoms with van der Waals surface area (Å²) in [6.45, 7) is 8.86. The van der Waals surface area contributed by atoms with Crippen LogP contribution in [0.4, 0.5) is 5.69 Å². The summed E-state index contributed by atoms with van der Waals surface area (Å²) >= 11 is 6.34. The first-order chi connectivity index (χ1) is 15.5. The lowest BCUT2D eigenvalue weighted by atomic mass is 9.62. The third kappa shape index (κ3) is 3.29. The number of aliphatic hydroxyl groups is 1. The zero-order valence-electron chi connectivity index (χ0n) is 19.6. The second-order valence-corrected chi connectivity index (χ2v) is 10.1. The summed E-state index contributed by atoms with van der Waals surface area (Å²) in [5.74, 6) is -3.11. The van der Waals surface area contributed by atoms with Gasteiger partial charge in [-0.25, -0.2) is 0 Å². The minimum Gasteiger partial charge on any atom is -0.466 e. The molecule has 2 amide bonds. The van der Waals surface area contributed by atoms with Crippen LogP contribution < -0.4 is 5.32 Å². The van der Waals surface area contributed by atoms with Gasteiger partial charge in [-0.1, -0.05) is 30.7 Å². The first-order valence-electron chi connectivity index (χ1n) is 11.4. The molecule has 3 unspecified atom stereocenters. The van der Waals surface area contributed by atoms with Gasteiger partial charge < -0.3 is 24.8 Å². The van der Waals surface area contributed by atoms with Gasteiger partial charge in [-0.3, -0.25) is 14.4 Å². The van der Waals surface area contributed by atoms with Crippen molar-refractivity contribution in [1.82, 2.24) is 4.90 Å². The number of fused-ring (bicyclic) bond motifs is 1. The van der Waals surface area contributed by atoms with Crippen molar-refractivity contribution in [1.29, 1.82) is 0 Å². The summed E-state index contributed by atoms with van der Waals surface area (Å²) < 4.78 is 11.9. The molecule has 7 atom stereocenters. The van der Waals surface area contributed by atoms with Crippen molar-refractivity contribution in [2.75, 3.05) is 18.5 Å². The molecule has 9 heteroatoms. The molecule has 0 saturated carbocycles. The number of para-hydroxylation sites is 1. The number of benzene rings is 1. The average Bonchev–Trinajstić information content (AvgIpc) is 3.27. The normalized spacial score (nSPS) is 35.5. The quantitative estimate of drug-likeness (QED) is 0.609. The monoisotopic (exact) mass is 478 g/mol. The Morgan fingerprint density at radius 1 is 1.42 bits per heavy atom. The number of carbonyl (C=O) groups is 3. The smallest absolute Gasteiger partial charge is 0.312 e. The Hall–Kier alpha value is -2.16. The molecule has 0 aliphatic carbocycles. The Morgan fingerprint density at radius 2 is 2.12 bits per heavy atom. The molecule has 1 aromatic rings. The van der Waals surface area contributed by atoms with Gasteiger partial charge in [0.25, 0.3) is 0 Å². The molecule has 4 rings (SSSR count). The van der Waals surface area contributed by atoms with Crippen molar-refractivity contribution in [3.8, 4) is 0 Å². The van der Waals surface area contributed by atoms with Crippen molar-refractivity contribution in [2.45, 2.75) is 64.3 Å². The molecule has 33 heavy (non-hydrogen) atoms. The Labute approximate surface area is 198 Å². The lowest BCUT2D eigenvalue weighted by Gasteiger charge is -2.36. The van der Waals surface area contributed by atoms with E-state index in [0.29, 0.717) is 17.1 Å². The van der Waals surface area contributed by atoms with Crippen molar-refractivity contribution < 1.29 is 29.0 Å². The average molecular weight is 479 g/mol. The van der Waals surface area contributed by atoms with Gasteiger partial charge in [-0.05, 0) is 51.7 Å². The largest absolute Gasteiger partial charge is 0.466 e. The molecule has 2 bridgehead atoms. The summed E-state index contributed by atoms with van der Waals surface area (Å²) in [5.41, 5.74) is -0.898. The van der Waals surface area contributed by atoms with E-state index >= 15 is 0 Å². The molecule has 3 fully saturated rings. The zero-order chi connectivity index (χ0) is 24.3. The molecule has 8 nitrogen and oxygen atoms in total. The van der Waals surface area contributed by atoms with E-state index in [0.717, 1.165) is 5.56 Å². The number of anilines is 1. The number of rotatable bonds is 6. The zero-order valence-corrected chi connectivity index (χ0v) is 20.3. The number of hydrogen-bond acceptors (Lipinski definition) is 6. The van der Waals surface area contributed by atoms with Gasteiger partial charge in [0.05, 0.1) is 41.5 Å². The maximum atomic E-state index is 13.8. The Kier molecular flexibility index (Phi) is 6.00. The number of carbonyl (C=O) groups excluding carboxylic acids is 3. The summed E-state index contributed by atoms with van der Waals surface area (Å²) in [7, 11) is 0. The number of hydrogen-bond donors (Lipinski definition) is 2. The number of likely N-dealkylation sites (tertiary alicyclic amines) is 1. The van der Waals surface area contributed by atoms with Crippen LogP contribution in [-0.4, -0.2) is 64.3 Å². The van der Waals surface area contributed by atoms with Crippen LogP contribution in [-0.2, 0) is 23.9 Å². The van der Waals surface area contributed by atoms with Gasteiger partial charge in [-0.15, -0.1) is 0 Å². The summed E-state index contributed by atoms with van der Waals surface area (Å²) in [6, 6.07) is 3.62. The molecule has 3 saturated heterocycles. The first-order valence-corrected chi connectivity index (χ1v) is 11.8. The molecule has 3 aliphatic heterocycles. The fraction of sp³-hybridized carbons (Fsp3) is 0.625. The maximum absolute atomic E-state index is 13.8. The van der Waals surface area contributed by atoms with Crippen LogP contribution in [0.25, 0.3) is 0 Å². The van der Waals surface area contributed by atoms with Crippen LogP contribution in [0.5, 0.6) is 0 Å². The van der Waals surface area contributed by atoms with Gasteiger partial charge in [0.15, 0.2) is 0 Å². The van der Waals surface area contributed by atoms with Crippen molar-refractivity contribution in [2.24, 2.45) is 17.8 Å². The van der Waals surface area contributed by atoms with E-state index in [1.54, 1.807) is 26.0 Å². The molecular weight excluding hydrogens is 448 g/mol. The number of amides is 2. The highest BCUT2D eigenvalue weighted by atomic mass is 35.5. The van der Waals surface area contributed by atoms with Crippen LogP contribution in [0.15, 0.2) is 18.2 Å². The fourth-order valence-electron chi connectivity index (χ4n) is 6.11. The number of nitrogens with zero attached hydrogens (tertiary/aromatic N) is 1. The van der Waals surface area contributed by atoms with E-state index in [4.69, 9.17) is 21.1 Å². The Bertz CT molecular complexity index is 981. The number of aryl methyl sites for hydroxylation is 1. The van der Waals surface area contributed by atoms with E-state index in [1.807, 2.05) is 26.8 Å². The standard InChI is InChI=1S/C24H31ClN2O6/c1-6-32-22(31)17-16-21(30)27(14(4)11-28)19(24(16)10-13(3)23(17,5)33-24)20(29)26-18-12(2)8-7-9-15(18)25/h7-9,13-14,16-17,19,28H,6,10-11H2,1-5H3,(H,26,29)/t13?,14-,16+,17-,19?,23+,24?/m1/s1. The second kappa shape index (κ2) is 8.25. The molecule has 1 aromatic carbocycles. The summed E-state index contributed by atoms with van der Waals surface area (Å²) in [6.07, 6.45) is 0.435. The first kappa shape index (κ1) is 24.0. The maximum Gasteiger partial charge on any atom is 0.312 e. The highest BCUT2D eigenvalue weighted by Crippen LogP contribution is 2.65. The predicted octanol–water partition coefficient (Wildman–Crippen LogP) is 2.54. The van der Waals surface area contributed by atoms with Gasteiger partial charge in [0.1, 0.15) is 17.6 Å². The van der Waals surface area contributed by atoms with Crippen LogP contribution >= 0.6 is 11.6 Å². The highest BCUT2D eigenvalue weighted by molar-refractivity contribution is 6.34. The Morgan fingerprint density at radius 3 is 2.73 bits per heavy atom. The van der Waals surface area contributed by atoms with Gasteiger partial charge in [-0.2, -0.15) is 0 Å². The lowest BCUT2D eigenvalue weighted by molar-refractivity contribution is -0.161.